The third-order valence-corrected chi connectivity index (χ3v) is 7.33. The second-order valence-electron chi connectivity index (χ2n) is 9.60. The summed E-state index contributed by atoms with van der Waals surface area (Å²) < 4.78 is 49.5. The van der Waals surface area contributed by atoms with Crippen molar-refractivity contribution in [1.29, 1.82) is 0 Å². The number of fused-ring (bicyclic) bond motifs is 3. The Hall–Kier alpha value is -3.24. The summed E-state index contributed by atoms with van der Waals surface area (Å²) in [6.45, 7) is 3.27. The van der Waals surface area contributed by atoms with Crippen molar-refractivity contribution in [3.05, 3.63) is 59.9 Å². The SMILES string of the molecule is O=C(c1ccc2cc(Oc3ccc(C(F)(F)F)cn3)ccc2n1)N1CCC(N2CC3CC2CO3)CC1. The number of carbonyl (C=O) groups is 1. The fraction of sp³-hybridized carbons (Fsp3) is 0.423. The summed E-state index contributed by atoms with van der Waals surface area (Å²) in [6.07, 6.45) is -0.277. The Kier molecular flexibility index (Phi) is 5.80. The maximum Gasteiger partial charge on any atom is 0.417 e. The molecule has 3 saturated heterocycles. The molecule has 3 fully saturated rings. The number of rotatable bonds is 4. The van der Waals surface area contributed by atoms with Crippen molar-refractivity contribution in [3.8, 4) is 11.6 Å². The van der Waals surface area contributed by atoms with Crippen LogP contribution in [0.1, 0.15) is 35.3 Å². The second kappa shape index (κ2) is 9.01. The van der Waals surface area contributed by atoms with Crippen molar-refractivity contribution in [1.82, 2.24) is 19.8 Å². The standard InChI is InChI=1S/C26H25F3N4O3/c27-26(28,29)17-2-6-24(30-13-17)36-20-3-5-22-16(11-20)1-4-23(31-22)25(34)32-9-7-18(8-10-32)33-14-21-12-19(33)15-35-21/h1-6,11,13,18-19,21H,7-10,12,14-15H2. The zero-order valence-electron chi connectivity index (χ0n) is 19.4. The van der Waals surface area contributed by atoms with Crippen LogP contribution in [0.25, 0.3) is 10.9 Å². The number of aromatic nitrogens is 2. The average molecular weight is 499 g/mol. The van der Waals surface area contributed by atoms with E-state index in [2.05, 4.69) is 14.9 Å². The van der Waals surface area contributed by atoms with Gasteiger partial charge in [0.2, 0.25) is 5.88 Å². The van der Waals surface area contributed by atoms with Gasteiger partial charge in [-0.05, 0) is 49.6 Å². The van der Waals surface area contributed by atoms with Gasteiger partial charge >= 0.3 is 6.18 Å². The number of morpholine rings is 1. The van der Waals surface area contributed by atoms with Gasteiger partial charge in [-0.3, -0.25) is 9.69 Å². The lowest BCUT2D eigenvalue weighted by Gasteiger charge is -2.40. The van der Waals surface area contributed by atoms with E-state index >= 15 is 0 Å². The minimum Gasteiger partial charge on any atom is -0.439 e. The smallest absolute Gasteiger partial charge is 0.417 e. The summed E-state index contributed by atoms with van der Waals surface area (Å²) in [7, 11) is 0. The van der Waals surface area contributed by atoms with Crippen LogP contribution in [0.2, 0.25) is 0 Å². The number of likely N-dealkylation sites (tertiary alicyclic amines) is 2. The fourth-order valence-corrected chi connectivity index (χ4v) is 5.45. The van der Waals surface area contributed by atoms with Crippen molar-refractivity contribution in [2.45, 2.75) is 43.6 Å². The molecule has 3 aliphatic heterocycles. The van der Waals surface area contributed by atoms with Gasteiger partial charge in [0.05, 0.1) is 23.8 Å². The molecule has 6 rings (SSSR count). The van der Waals surface area contributed by atoms with Crippen LogP contribution in [0.5, 0.6) is 11.6 Å². The minimum absolute atomic E-state index is 0.0554. The molecule has 7 nitrogen and oxygen atoms in total. The molecule has 0 aliphatic carbocycles. The largest absolute Gasteiger partial charge is 0.439 e. The van der Waals surface area contributed by atoms with E-state index in [-0.39, 0.29) is 11.8 Å². The molecule has 2 bridgehead atoms. The van der Waals surface area contributed by atoms with Gasteiger partial charge in [-0.25, -0.2) is 9.97 Å². The highest BCUT2D eigenvalue weighted by Crippen LogP contribution is 2.33. The van der Waals surface area contributed by atoms with Crippen LogP contribution in [0.4, 0.5) is 13.2 Å². The molecule has 3 aromatic rings. The number of hydrogen-bond acceptors (Lipinski definition) is 6. The minimum atomic E-state index is -4.45. The molecule has 2 unspecified atom stereocenters. The first-order chi connectivity index (χ1) is 17.3. The molecule has 10 heteroatoms. The summed E-state index contributed by atoms with van der Waals surface area (Å²) in [5.74, 6) is 0.398. The first-order valence-electron chi connectivity index (χ1n) is 12.1. The normalized spacial score (nSPS) is 22.9. The zero-order valence-corrected chi connectivity index (χ0v) is 19.4. The number of carbonyl (C=O) groups excluding carboxylic acids is 1. The van der Waals surface area contributed by atoms with Crippen molar-refractivity contribution < 1.29 is 27.4 Å². The summed E-state index contributed by atoms with van der Waals surface area (Å²) in [5, 5.41) is 0.751. The third kappa shape index (κ3) is 4.51. The summed E-state index contributed by atoms with van der Waals surface area (Å²) in [4.78, 5) is 25.9. The Balaban J connectivity index is 1.10. The molecular weight excluding hydrogens is 473 g/mol. The Labute approximate surface area is 205 Å². The molecule has 2 aromatic heterocycles. The first kappa shape index (κ1) is 23.2. The Morgan fingerprint density at radius 1 is 1.06 bits per heavy atom. The monoisotopic (exact) mass is 498 g/mol. The van der Waals surface area contributed by atoms with Gasteiger partial charge in [-0.1, -0.05) is 6.07 Å². The highest BCUT2D eigenvalue weighted by molar-refractivity contribution is 5.95. The third-order valence-electron chi connectivity index (χ3n) is 7.33. The van der Waals surface area contributed by atoms with E-state index in [1.54, 1.807) is 30.3 Å². The predicted octanol–water partition coefficient (Wildman–Crippen LogP) is 4.52. The van der Waals surface area contributed by atoms with Crippen molar-refractivity contribution >= 4 is 16.8 Å². The molecule has 0 radical (unpaired) electrons. The van der Waals surface area contributed by atoms with Crippen LogP contribution in [0.3, 0.4) is 0 Å². The van der Waals surface area contributed by atoms with Gasteiger partial charge < -0.3 is 14.4 Å². The van der Waals surface area contributed by atoms with Crippen LogP contribution in [-0.2, 0) is 10.9 Å². The zero-order chi connectivity index (χ0) is 24.9. The summed E-state index contributed by atoms with van der Waals surface area (Å²) in [5.41, 5.74) is 0.195. The molecule has 0 N–H and O–H groups in total. The number of halogens is 3. The fourth-order valence-electron chi connectivity index (χ4n) is 5.45. The number of amides is 1. The molecule has 36 heavy (non-hydrogen) atoms. The predicted molar refractivity (Wildman–Crippen MR) is 125 cm³/mol. The van der Waals surface area contributed by atoms with E-state index in [0.29, 0.717) is 48.2 Å². The lowest BCUT2D eigenvalue weighted by atomic mass is 10.0. The average Bonchev–Trinajstić information content (AvgIpc) is 3.52. The molecular formula is C26H25F3N4O3. The second-order valence-corrected chi connectivity index (χ2v) is 9.60. The molecule has 0 spiro atoms. The highest BCUT2D eigenvalue weighted by atomic mass is 19.4. The van der Waals surface area contributed by atoms with Gasteiger partial charge in [0.1, 0.15) is 11.4 Å². The van der Waals surface area contributed by atoms with Crippen LogP contribution in [0.15, 0.2) is 48.7 Å². The van der Waals surface area contributed by atoms with Crippen LogP contribution >= 0.6 is 0 Å². The van der Waals surface area contributed by atoms with Gasteiger partial charge in [-0.15, -0.1) is 0 Å². The number of piperidine rings is 1. The molecule has 188 valence electrons. The Morgan fingerprint density at radius 3 is 2.56 bits per heavy atom. The van der Waals surface area contributed by atoms with E-state index in [1.165, 1.54) is 6.07 Å². The van der Waals surface area contributed by atoms with E-state index in [0.717, 1.165) is 50.1 Å². The maximum atomic E-state index is 13.1. The molecule has 5 heterocycles. The van der Waals surface area contributed by atoms with Crippen molar-refractivity contribution in [2.24, 2.45) is 0 Å². The van der Waals surface area contributed by atoms with Crippen molar-refractivity contribution in [3.63, 3.8) is 0 Å². The summed E-state index contributed by atoms with van der Waals surface area (Å²) >= 11 is 0. The number of pyridine rings is 2. The first-order valence-corrected chi connectivity index (χ1v) is 12.1. The number of ether oxygens (including phenoxy) is 2. The molecule has 0 saturated carbocycles. The van der Waals surface area contributed by atoms with Crippen LogP contribution in [-0.4, -0.2) is 70.1 Å². The molecule has 1 aromatic carbocycles. The lowest BCUT2D eigenvalue weighted by Crippen LogP contribution is -2.50. The number of alkyl halides is 3. The van der Waals surface area contributed by atoms with E-state index in [4.69, 9.17) is 9.47 Å². The summed E-state index contributed by atoms with van der Waals surface area (Å²) in [6, 6.07) is 11.7. The maximum absolute atomic E-state index is 13.1. The van der Waals surface area contributed by atoms with Gasteiger partial charge in [-0.2, -0.15) is 13.2 Å². The number of benzene rings is 1. The van der Waals surface area contributed by atoms with Gasteiger partial charge in [0.15, 0.2) is 0 Å². The van der Waals surface area contributed by atoms with Crippen molar-refractivity contribution in [2.75, 3.05) is 26.2 Å². The van der Waals surface area contributed by atoms with Gasteiger partial charge in [0.25, 0.3) is 5.91 Å². The molecule has 1 amide bonds. The quantitative estimate of drug-likeness (QED) is 0.527. The number of hydrogen-bond donors (Lipinski definition) is 0. The molecule has 3 aliphatic rings. The molecule has 2 atom stereocenters. The topological polar surface area (TPSA) is 67.8 Å². The van der Waals surface area contributed by atoms with E-state index in [1.807, 2.05) is 4.90 Å². The Morgan fingerprint density at radius 2 is 1.89 bits per heavy atom. The van der Waals surface area contributed by atoms with E-state index in [9.17, 15) is 18.0 Å². The van der Waals surface area contributed by atoms with Crippen LogP contribution < -0.4 is 4.74 Å². The highest BCUT2D eigenvalue weighted by Gasteiger charge is 2.43. The number of nitrogens with zero attached hydrogens (tertiary/aromatic N) is 4. The Bertz CT molecular complexity index is 1280. The lowest BCUT2D eigenvalue weighted by molar-refractivity contribution is -0.137. The van der Waals surface area contributed by atoms with Gasteiger partial charge in [0, 0.05) is 49.4 Å². The van der Waals surface area contributed by atoms with Crippen LogP contribution in [0, 0.1) is 0 Å². The van der Waals surface area contributed by atoms with E-state index < -0.39 is 11.7 Å².